The first kappa shape index (κ1) is 12.6. The van der Waals surface area contributed by atoms with Crippen molar-refractivity contribution in [2.75, 3.05) is 7.11 Å². The van der Waals surface area contributed by atoms with Gasteiger partial charge in [-0.3, -0.25) is 4.79 Å². The van der Waals surface area contributed by atoms with Crippen molar-refractivity contribution in [3.8, 4) is 5.75 Å². The summed E-state index contributed by atoms with van der Waals surface area (Å²) in [5.41, 5.74) is 0.807. The normalized spacial score (nSPS) is 10.6. The summed E-state index contributed by atoms with van der Waals surface area (Å²) in [5.74, 6) is 1.07. The Morgan fingerprint density at radius 2 is 1.83 bits per heavy atom. The quantitative estimate of drug-likeness (QED) is 0.734. The van der Waals surface area contributed by atoms with Gasteiger partial charge in [0.15, 0.2) is 5.78 Å². The molecule has 2 aromatic carbocycles. The number of benzene rings is 2. The van der Waals surface area contributed by atoms with Crippen molar-refractivity contribution in [1.29, 1.82) is 0 Å². The third-order valence-electron chi connectivity index (χ3n) is 3.13. The van der Waals surface area contributed by atoms with E-state index in [2.05, 4.69) is 6.92 Å². The van der Waals surface area contributed by atoms with Gasteiger partial charge in [-0.05, 0) is 35.4 Å². The molecule has 0 aliphatic heterocycles. The van der Waals surface area contributed by atoms with Crippen molar-refractivity contribution in [3.63, 3.8) is 0 Å². The van der Waals surface area contributed by atoms with Gasteiger partial charge < -0.3 is 4.74 Å². The largest absolute Gasteiger partial charge is 0.497 e. The Hall–Kier alpha value is -1.83. The molecule has 0 saturated heterocycles. The molecule has 0 bridgehead atoms. The van der Waals surface area contributed by atoms with Gasteiger partial charge in [-0.25, -0.2) is 0 Å². The average molecular weight is 242 g/mol. The van der Waals surface area contributed by atoms with Gasteiger partial charge in [0.25, 0.3) is 0 Å². The number of ether oxygens (including phenoxy) is 1. The predicted molar refractivity (Wildman–Crippen MR) is 74.4 cm³/mol. The number of rotatable bonds is 5. The Morgan fingerprint density at radius 3 is 2.56 bits per heavy atom. The molecular formula is C16H18O2. The van der Waals surface area contributed by atoms with Crippen LogP contribution in [0.15, 0.2) is 36.4 Å². The Morgan fingerprint density at radius 1 is 1.11 bits per heavy atom. The van der Waals surface area contributed by atoms with Crippen molar-refractivity contribution >= 4 is 16.6 Å². The Kier molecular flexibility index (Phi) is 3.98. The molecule has 0 spiro atoms. The van der Waals surface area contributed by atoms with Crippen LogP contribution < -0.4 is 4.74 Å². The van der Waals surface area contributed by atoms with E-state index < -0.39 is 0 Å². The van der Waals surface area contributed by atoms with Crippen LogP contribution in [0.2, 0.25) is 0 Å². The van der Waals surface area contributed by atoms with Crippen LogP contribution in [0, 0.1) is 0 Å². The van der Waals surface area contributed by atoms with Crippen LogP contribution in [-0.2, 0) is 0 Å². The maximum atomic E-state index is 11.9. The fourth-order valence-corrected chi connectivity index (χ4v) is 2.01. The van der Waals surface area contributed by atoms with E-state index in [-0.39, 0.29) is 5.78 Å². The number of fused-ring (bicyclic) bond motifs is 1. The number of hydrogen-bond donors (Lipinski definition) is 0. The molecular weight excluding hydrogens is 224 g/mol. The van der Waals surface area contributed by atoms with E-state index in [0.29, 0.717) is 6.42 Å². The fraction of sp³-hybridized carbons (Fsp3) is 0.312. The first-order chi connectivity index (χ1) is 8.74. The third kappa shape index (κ3) is 2.70. The molecule has 0 fully saturated rings. The van der Waals surface area contributed by atoms with Crippen molar-refractivity contribution in [2.45, 2.75) is 26.2 Å². The predicted octanol–water partition coefficient (Wildman–Crippen LogP) is 4.22. The lowest BCUT2D eigenvalue weighted by Crippen LogP contribution is -1.98. The monoisotopic (exact) mass is 242 g/mol. The molecule has 94 valence electrons. The zero-order chi connectivity index (χ0) is 13.0. The Balaban J connectivity index is 2.30. The first-order valence-electron chi connectivity index (χ1n) is 6.35. The standard InChI is InChI=1S/C16H18O2/c1-3-4-5-16(17)14-7-6-13-11-15(18-2)9-8-12(13)10-14/h6-11H,3-5H2,1-2H3. The van der Waals surface area contributed by atoms with Gasteiger partial charge in [0, 0.05) is 12.0 Å². The summed E-state index contributed by atoms with van der Waals surface area (Å²) in [6.45, 7) is 2.10. The molecule has 18 heavy (non-hydrogen) atoms. The topological polar surface area (TPSA) is 26.3 Å². The number of methoxy groups -OCH3 is 1. The smallest absolute Gasteiger partial charge is 0.162 e. The van der Waals surface area contributed by atoms with Crippen molar-refractivity contribution in [1.82, 2.24) is 0 Å². The third-order valence-corrected chi connectivity index (χ3v) is 3.13. The number of carbonyl (C=O) groups excluding carboxylic acids is 1. The molecule has 2 aromatic rings. The summed E-state index contributed by atoms with van der Waals surface area (Å²) in [6, 6.07) is 11.7. The maximum Gasteiger partial charge on any atom is 0.162 e. The van der Waals surface area contributed by atoms with E-state index in [4.69, 9.17) is 4.74 Å². The van der Waals surface area contributed by atoms with E-state index in [0.717, 1.165) is 34.9 Å². The summed E-state index contributed by atoms with van der Waals surface area (Å²) in [5, 5.41) is 2.18. The molecule has 0 saturated carbocycles. The van der Waals surface area contributed by atoms with Crippen LogP contribution in [0.3, 0.4) is 0 Å². The van der Waals surface area contributed by atoms with Crippen LogP contribution in [0.25, 0.3) is 10.8 Å². The highest BCUT2D eigenvalue weighted by atomic mass is 16.5. The highest BCUT2D eigenvalue weighted by Gasteiger charge is 2.06. The van der Waals surface area contributed by atoms with Crippen LogP contribution >= 0.6 is 0 Å². The van der Waals surface area contributed by atoms with Gasteiger partial charge in [0.05, 0.1) is 7.11 Å². The number of Topliss-reactive ketones (excluding diaryl/α,β-unsaturated/α-hetero) is 1. The van der Waals surface area contributed by atoms with Crippen LogP contribution in [0.5, 0.6) is 5.75 Å². The van der Waals surface area contributed by atoms with Gasteiger partial charge >= 0.3 is 0 Å². The van der Waals surface area contributed by atoms with E-state index >= 15 is 0 Å². The van der Waals surface area contributed by atoms with Crippen LogP contribution in [-0.4, -0.2) is 12.9 Å². The van der Waals surface area contributed by atoms with Gasteiger partial charge in [-0.2, -0.15) is 0 Å². The molecule has 2 rings (SSSR count). The zero-order valence-electron chi connectivity index (χ0n) is 10.9. The molecule has 2 heteroatoms. The number of carbonyl (C=O) groups is 1. The Labute approximate surface area is 108 Å². The number of unbranched alkanes of at least 4 members (excludes halogenated alkanes) is 1. The average Bonchev–Trinajstić information content (AvgIpc) is 2.43. The number of ketones is 1. The molecule has 0 heterocycles. The summed E-state index contributed by atoms with van der Waals surface area (Å²) >= 11 is 0. The van der Waals surface area contributed by atoms with Crippen LogP contribution in [0.1, 0.15) is 36.5 Å². The van der Waals surface area contributed by atoms with Crippen molar-refractivity contribution < 1.29 is 9.53 Å². The second kappa shape index (κ2) is 5.67. The van der Waals surface area contributed by atoms with Gasteiger partial charge in [0.2, 0.25) is 0 Å². The lowest BCUT2D eigenvalue weighted by atomic mass is 10.0. The zero-order valence-corrected chi connectivity index (χ0v) is 10.9. The highest BCUT2D eigenvalue weighted by Crippen LogP contribution is 2.22. The molecule has 0 N–H and O–H groups in total. The Bertz CT molecular complexity index is 558. The van der Waals surface area contributed by atoms with E-state index in [1.54, 1.807) is 7.11 Å². The van der Waals surface area contributed by atoms with Gasteiger partial charge in [0.1, 0.15) is 5.75 Å². The molecule has 0 aromatic heterocycles. The molecule has 0 aliphatic carbocycles. The minimum atomic E-state index is 0.231. The molecule has 2 nitrogen and oxygen atoms in total. The van der Waals surface area contributed by atoms with E-state index in [9.17, 15) is 4.79 Å². The van der Waals surface area contributed by atoms with Gasteiger partial charge in [-0.1, -0.05) is 31.5 Å². The van der Waals surface area contributed by atoms with Gasteiger partial charge in [-0.15, -0.1) is 0 Å². The maximum absolute atomic E-state index is 11.9. The minimum absolute atomic E-state index is 0.231. The second-order valence-electron chi connectivity index (χ2n) is 4.45. The van der Waals surface area contributed by atoms with Crippen LogP contribution in [0.4, 0.5) is 0 Å². The van der Waals surface area contributed by atoms with E-state index in [1.807, 2.05) is 36.4 Å². The SMILES string of the molecule is CCCCC(=O)c1ccc2cc(OC)ccc2c1. The van der Waals surface area contributed by atoms with E-state index in [1.165, 1.54) is 0 Å². The summed E-state index contributed by atoms with van der Waals surface area (Å²) in [7, 11) is 1.66. The summed E-state index contributed by atoms with van der Waals surface area (Å²) < 4.78 is 5.19. The lowest BCUT2D eigenvalue weighted by Gasteiger charge is -2.05. The molecule has 0 amide bonds. The lowest BCUT2D eigenvalue weighted by molar-refractivity contribution is 0.0980. The van der Waals surface area contributed by atoms with Crippen molar-refractivity contribution in [2.24, 2.45) is 0 Å². The molecule has 0 radical (unpaired) electrons. The number of hydrogen-bond acceptors (Lipinski definition) is 2. The fourth-order valence-electron chi connectivity index (χ4n) is 2.01. The summed E-state index contributed by atoms with van der Waals surface area (Å²) in [6.07, 6.45) is 2.65. The summed E-state index contributed by atoms with van der Waals surface area (Å²) in [4.78, 5) is 11.9. The molecule has 0 unspecified atom stereocenters. The minimum Gasteiger partial charge on any atom is -0.497 e. The highest BCUT2D eigenvalue weighted by molar-refractivity contribution is 6.00. The van der Waals surface area contributed by atoms with Crippen molar-refractivity contribution in [3.05, 3.63) is 42.0 Å². The molecule has 0 aliphatic rings. The second-order valence-corrected chi connectivity index (χ2v) is 4.45. The molecule has 0 atom stereocenters. The first-order valence-corrected chi connectivity index (χ1v) is 6.35.